The minimum Gasteiger partial charge on any atom is -0.340 e. The van der Waals surface area contributed by atoms with Crippen molar-refractivity contribution >= 4 is 24.2 Å². The van der Waals surface area contributed by atoms with Gasteiger partial charge in [-0.05, 0) is 12.8 Å². The molecule has 116 valence electrons. The van der Waals surface area contributed by atoms with Gasteiger partial charge < -0.3 is 15.1 Å². The maximum Gasteiger partial charge on any atom is 0.236 e. The molecule has 2 rings (SSSR count). The number of piperidine rings is 1. The van der Waals surface area contributed by atoms with Gasteiger partial charge in [0.1, 0.15) is 0 Å². The third kappa shape index (κ3) is 3.85. The van der Waals surface area contributed by atoms with Gasteiger partial charge in [-0.15, -0.1) is 12.4 Å². The van der Waals surface area contributed by atoms with Gasteiger partial charge in [0, 0.05) is 37.6 Å². The molecule has 2 aliphatic rings. The third-order valence-corrected chi connectivity index (χ3v) is 3.89. The first-order valence-corrected chi connectivity index (χ1v) is 7.19. The highest BCUT2D eigenvalue weighted by atomic mass is 35.5. The molecule has 0 radical (unpaired) electrons. The van der Waals surface area contributed by atoms with E-state index in [0.29, 0.717) is 13.1 Å². The van der Waals surface area contributed by atoms with Crippen molar-refractivity contribution in [1.29, 1.82) is 0 Å². The molecule has 1 atom stereocenters. The van der Waals surface area contributed by atoms with Crippen molar-refractivity contribution in [2.45, 2.75) is 39.7 Å². The summed E-state index contributed by atoms with van der Waals surface area (Å²) in [6.07, 6.45) is 2.00. The molecule has 1 N–H and O–H groups in total. The van der Waals surface area contributed by atoms with Gasteiger partial charge in [0.2, 0.25) is 11.8 Å². The van der Waals surface area contributed by atoms with Crippen LogP contribution in [-0.4, -0.2) is 60.4 Å². The first-order chi connectivity index (χ1) is 8.89. The standard InChI is InChI=1S/C14H25N3O2.ClH/c1-14(2,3)13(19)16-7-4-5-11(10-16)17-8-6-15-9-12(17)18;/h11,15H,4-10H2,1-3H3;1H. The fourth-order valence-corrected chi connectivity index (χ4v) is 2.88. The Kier molecular flexibility index (Phi) is 5.83. The molecular weight excluding hydrogens is 278 g/mol. The van der Waals surface area contributed by atoms with E-state index >= 15 is 0 Å². The lowest BCUT2D eigenvalue weighted by molar-refractivity contribution is -0.145. The van der Waals surface area contributed by atoms with Crippen LogP contribution in [0.1, 0.15) is 33.6 Å². The van der Waals surface area contributed by atoms with Crippen LogP contribution >= 0.6 is 12.4 Å². The molecule has 0 aliphatic carbocycles. The second kappa shape index (κ2) is 6.76. The lowest BCUT2D eigenvalue weighted by atomic mass is 9.92. The molecule has 1 unspecified atom stereocenters. The van der Waals surface area contributed by atoms with Crippen molar-refractivity contribution in [2.24, 2.45) is 5.41 Å². The number of hydrogen-bond donors (Lipinski definition) is 1. The topological polar surface area (TPSA) is 52.7 Å². The molecule has 0 aromatic heterocycles. The van der Waals surface area contributed by atoms with Crippen LogP contribution in [0.4, 0.5) is 0 Å². The van der Waals surface area contributed by atoms with E-state index in [1.165, 1.54) is 0 Å². The number of piperazine rings is 1. The Bertz CT molecular complexity index is 368. The number of halogens is 1. The molecule has 2 amide bonds. The molecule has 0 bridgehead atoms. The van der Waals surface area contributed by atoms with Gasteiger partial charge in [0.05, 0.1) is 6.54 Å². The molecule has 6 heteroatoms. The van der Waals surface area contributed by atoms with Crippen molar-refractivity contribution in [1.82, 2.24) is 15.1 Å². The molecule has 0 aromatic rings. The van der Waals surface area contributed by atoms with Crippen molar-refractivity contribution < 1.29 is 9.59 Å². The van der Waals surface area contributed by atoms with Crippen LogP contribution in [0.2, 0.25) is 0 Å². The van der Waals surface area contributed by atoms with Gasteiger partial charge in [-0.3, -0.25) is 9.59 Å². The molecule has 0 saturated carbocycles. The lowest BCUT2D eigenvalue weighted by Crippen LogP contribution is -2.58. The van der Waals surface area contributed by atoms with E-state index in [2.05, 4.69) is 5.32 Å². The molecule has 0 spiro atoms. The maximum absolute atomic E-state index is 12.3. The maximum atomic E-state index is 12.3. The molecule has 0 aromatic carbocycles. The van der Waals surface area contributed by atoms with Gasteiger partial charge in [0.25, 0.3) is 0 Å². The van der Waals surface area contributed by atoms with Crippen LogP contribution in [0.25, 0.3) is 0 Å². The van der Waals surface area contributed by atoms with Crippen molar-refractivity contribution in [2.75, 3.05) is 32.7 Å². The van der Waals surface area contributed by atoms with Crippen LogP contribution in [0.5, 0.6) is 0 Å². The quantitative estimate of drug-likeness (QED) is 0.782. The Labute approximate surface area is 127 Å². The number of nitrogens with one attached hydrogen (secondary N) is 1. The average molecular weight is 304 g/mol. The monoisotopic (exact) mass is 303 g/mol. The largest absolute Gasteiger partial charge is 0.340 e. The van der Waals surface area contributed by atoms with Gasteiger partial charge in [-0.2, -0.15) is 0 Å². The van der Waals surface area contributed by atoms with E-state index in [1.807, 2.05) is 30.6 Å². The van der Waals surface area contributed by atoms with Crippen LogP contribution in [0.3, 0.4) is 0 Å². The summed E-state index contributed by atoms with van der Waals surface area (Å²) in [6.45, 7) is 9.44. The van der Waals surface area contributed by atoms with E-state index < -0.39 is 0 Å². The Hall–Kier alpha value is -0.810. The Morgan fingerprint density at radius 2 is 2.00 bits per heavy atom. The number of carbonyl (C=O) groups is 2. The average Bonchev–Trinajstić information content (AvgIpc) is 2.37. The summed E-state index contributed by atoms with van der Waals surface area (Å²) in [7, 11) is 0. The predicted octanol–water partition coefficient (Wildman–Crippen LogP) is 0.877. The zero-order chi connectivity index (χ0) is 14.0. The number of nitrogens with zero attached hydrogens (tertiary/aromatic N) is 2. The molecule has 2 aliphatic heterocycles. The second-order valence-corrected chi connectivity index (χ2v) is 6.56. The number of hydrogen-bond acceptors (Lipinski definition) is 3. The molecular formula is C14H26ClN3O2. The van der Waals surface area contributed by atoms with Crippen LogP contribution in [-0.2, 0) is 9.59 Å². The first kappa shape index (κ1) is 17.2. The fraction of sp³-hybridized carbons (Fsp3) is 0.857. The van der Waals surface area contributed by atoms with Gasteiger partial charge in [-0.1, -0.05) is 20.8 Å². The fourth-order valence-electron chi connectivity index (χ4n) is 2.88. The van der Waals surface area contributed by atoms with E-state index in [-0.39, 0.29) is 35.7 Å². The van der Waals surface area contributed by atoms with Gasteiger partial charge >= 0.3 is 0 Å². The molecule has 2 fully saturated rings. The van der Waals surface area contributed by atoms with Gasteiger partial charge in [-0.25, -0.2) is 0 Å². The van der Waals surface area contributed by atoms with E-state index in [1.54, 1.807) is 0 Å². The van der Waals surface area contributed by atoms with Gasteiger partial charge in [0.15, 0.2) is 0 Å². The lowest BCUT2D eigenvalue weighted by Gasteiger charge is -2.42. The SMILES string of the molecule is CC(C)(C)C(=O)N1CCCC(N2CCNCC2=O)C1.Cl. The number of carbonyl (C=O) groups excluding carboxylic acids is 2. The highest BCUT2D eigenvalue weighted by molar-refractivity contribution is 5.85. The first-order valence-electron chi connectivity index (χ1n) is 7.19. The Morgan fingerprint density at radius 3 is 2.60 bits per heavy atom. The number of likely N-dealkylation sites (tertiary alicyclic amines) is 1. The highest BCUT2D eigenvalue weighted by Gasteiger charge is 2.34. The summed E-state index contributed by atoms with van der Waals surface area (Å²) in [6, 6.07) is 0.203. The highest BCUT2D eigenvalue weighted by Crippen LogP contribution is 2.23. The van der Waals surface area contributed by atoms with E-state index in [9.17, 15) is 9.59 Å². The van der Waals surface area contributed by atoms with Crippen LogP contribution in [0, 0.1) is 5.41 Å². The van der Waals surface area contributed by atoms with Crippen LogP contribution in [0.15, 0.2) is 0 Å². The number of amides is 2. The summed E-state index contributed by atoms with van der Waals surface area (Å²) in [5.74, 6) is 0.362. The van der Waals surface area contributed by atoms with E-state index in [4.69, 9.17) is 0 Å². The van der Waals surface area contributed by atoms with Crippen molar-refractivity contribution in [3.8, 4) is 0 Å². The third-order valence-electron chi connectivity index (χ3n) is 3.89. The molecule has 5 nitrogen and oxygen atoms in total. The minimum absolute atomic E-state index is 0. The van der Waals surface area contributed by atoms with Crippen molar-refractivity contribution in [3.05, 3.63) is 0 Å². The second-order valence-electron chi connectivity index (χ2n) is 6.56. The molecule has 20 heavy (non-hydrogen) atoms. The summed E-state index contributed by atoms with van der Waals surface area (Å²) in [5, 5.41) is 3.09. The smallest absolute Gasteiger partial charge is 0.236 e. The minimum atomic E-state index is -0.338. The normalized spacial score (nSPS) is 24.4. The van der Waals surface area contributed by atoms with Crippen molar-refractivity contribution in [3.63, 3.8) is 0 Å². The summed E-state index contributed by atoms with van der Waals surface area (Å²) < 4.78 is 0. The number of rotatable bonds is 1. The van der Waals surface area contributed by atoms with Crippen LogP contribution < -0.4 is 5.32 Å². The predicted molar refractivity (Wildman–Crippen MR) is 80.9 cm³/mol. The Morgan fingerprint density at radius 1 is 1.30 bits per heavy atom. The summed E-state index contributed by atoms with van der Waals surface area (Å²) in [5.41, 5.74) is -0.338. The summed E-state index contributed by atoms with van der Waals surface area (Å²) in [4.78, 5) is 28.2. The molecule has 2 saturated heterocycles. The zero-order valence-electron chi connectivity index (χ0n) is 12.6. The van der Waals surface area contributed by atoms with E-state index in [0.717, 1.165) is 32.5 Å². The Balaban J connectivity index is 0.00000200. The zero-order valence-corrected chi connectivity index (χ0v) is 13.5. The molecule has 2 heterocycles. The summed E-state index contributed by atoms with van der Waals surface area (Å²) >= 11 is 0.